The first kappa shape index (κ1) is 11.3. The molecule has 4 heteroatoms. The van der Waals surface area contributed by atoms with Gasteiger partial charge in [-0.1, -0.05) is 5.92 Å². The van der Waals surface area contributed by atoms with Gasteiger partial charge in [-0.3, -0.25) is 4.79 Å². The van der Waals surface area contributed by atoms with Crippen LogP contribution in [-0.4, -0.2) is 28.9 Å². The first-order valence-corrected chi connectivity index (χ1v) is 6.06. The molecule has 0 bridgehead atoms. The Morgan fingerprint density at radius 1 is 1.69 bits per heavy atom. The van der Waals surface area contributed by atoms with E-state index in [4.69, 9.17) is 6.42 Å². The zero-order valence-corrected chi connectivity index (χ0v) is 10.5. The summed E-state index contributed by atoms with van der Waals surface area (Å²) in [5.74, 6) is 3.17. The van der Waals surface area contributed by atoms with E-state index in [1.54, 1.807) is 17.2 Å². The van der Waals surface area contributed by atoms with Crippen LogP contribution in [0.3, 0.4) is 0 Å². The number of aromatic amines is 1. The molecule has 0 unspecified atom stereocenters. The van der Waals surface area contributed by atoms with Gasteiger partial charge in [-0.05, 0) is 40.8 Å². The second-order valence-electron chi connectivity index (χ2n) is 4.06. The van der Waals surface area contributed by atoms with Gasteiger partial charge in [-0.15, -0.1) is 6.42 Å². The lowest BCUT2D eigenvalue weighted by atomic mass is 10.3. The van der Waals surface area contributed by atoms with E-state index < -0.39 is 0 Å². The van der Waals surface area contributed by atoms with Crippen molar-refractivity contribution in [2.45, 2.75) is 12.8 Å². The van der Waals surface area contributed by atoms with Crippen LogP contribution in [0.5, 0.6) is 0 Å². The maximum atomic E-state index is 12.1. The highest BCUT2D eigenvalue weighted by Crippen LogP contribution is 2.30. The van der Waals surface area contributed by atoms with Crippen molar-refractivity contribution in [1.29, 1.82) is 0 Å². The molecule has 1 fully saturated rings. The first-order valence-electron chi connectivity index (χ1n) is 5.27. The van der Waals surface area contributed by atoms with Gasteiger partial charge < -0.3 is 9.88 Å². The Balaban J connectivity index is 2.06. The summed E-state index contributed by atoms with van der Waals surface area (Å²) in [5, 5.41) is 0. The van der Waals surface area contributed by atoms with Crippen molar-refractivity contribution in [3.63, 3.8) is 0 Å². The van der Waals surface area contributed by atoms with Crippen molar-refractivity contribution in [1.82, 2.24) is 9.88 Å². The van der Waals surface area contributed by atoms with E-state index in [2.05, 4.69) is 26.8 Å². The van der Waals surface area contributed by atoms with E-state index in [0.29, 0.717) is 18.2 Å². The molecule has 1 aromatic rings. The fraction of sp³-hybridized carbons (Fsp3) is 0.417. The first-order chi connectivity index (χ1) is 7.70. The number of nitrogens with zero attached hydrogens (tertiary/aromatic N) is 1. The highest BCUT2D eigenvalue weighted by molar-refractivity contribution is 9.10. The zero-order chi connectivity index (χ0) is 11.5. The van der Waals surface area contributed by atoms with Gasteiger partial charge in [0, 0.05) is 17.2 Å². The number of hydrogen-bond donors (Lipinski definition) is 1. The van der Waals surface area contributed by atoms with Crippen molar-refractivity contribution in [2.75, 3.05) is 13.1 Å². The highest BCUT2D eigenvalue weighted by Gasteiger charge is 2.27. The Bertz CT molecular complexity index is 428. The summed E-state index contributed by atoms with van der Waals surface area (Å²) in [6, 6.07) is 1.78. The second kappa shape index (κ2) is 4.75. The van der Waals surface area contributed by atoms with Crippen molar-refractivity contribution in [3.8, 4) is 12.3 Å². The average molecular weight is 281 g/mol. The fourth-order valence-electron chi connectivity index (χ4n) is 1.60. The topological polar surface area (TPSA) is 36.1 Å². The predicted octanol–water partition coefficient (Wildman–Crippen LogP) is 2.26. The molecular formula is C12H13BrN2O. The number of amides is 1. The number of rotatable bonds is 4. The molecule has 0 atom stereocenters. The minimum Gasteiger partial charge on any atom is -0.356 e. The summed E-state index contributed by atoms with van der Waals surface area (Å²) in [6.45, 7) is 1.16. The molecule has 3 nitrogen and oxygen atoms in total. The van der Waals surface area contributed by atoms with Crippen molar-refractivity contribution in [3.05, 3.63) is 22.4 Å². The molecule has 2 rings (SSSR count). The molecule has 1 aromatic heterocycles. The van der Waals surface area contributed by atoms with Gasteiger partial charge in [-0.2, -0.15) is 0 Å². The Hall–Kier alpha value is -1.21. The molecule has 1 heterocycles. The van der Waals surface area contributed by atoms with E-state index in [9.17, 15) is 4.79 Å². The van der Waals surface area contributed by atoms with E-state index in [-0.39, 0.29) is 5.91 Å². The zero-order valence-electron chi connectivity index (χ0n) is 8.87. The predicted molar refractivity (Wildman–Crippen MR) is 66.0 cm³/mol. The molecule has 0 radical (unpaired) electrons. The Kier molecular flexibility index (Phi) is 3.35. The number of aromatic nitrogens is 1. The van der Waals surface area contributed by atoms with Crippen molar-refractivity contribution in [2.24, 2.45) is 5.92 Å². The number of nitrogens with one attached hydrogen (secondary N) is 1. The van der Waals surface area contributed by atoms with Gasteiger partial charge in [-0.25, -0.2) is 0 Å². The van der Waals surface area contributed by atoms with Crippen LogP contribution in [0.15, 0.2) is 16.7 Å². The summed E-state index contributed by atoms with van der Waals surface area (Å²) in [7, 11) is 0. The number of carbonyl (C=O) groups excluding carboxylic acids is 1. The fourth-order valence-corrected chi connectivity index (χ4v) is 1.95. The molecule has 0 saturated heterocycles. The van der Waals surface area contributed by atoms with Crippen LogP contribution in [0.4, 0.5) is 0 Å². The van der Waals surface area contributed by atoms with Gasteiger partial charge in [0.15, 0.2) is 0 Å². The Morgan fingerprint density at radius 2 is 2.44 bits per heavy atom. The Labute approximate surface area is 103 Å². The van der Waals surface area contributed by atoms with Crippen molar-refractivity contribution >= 4 is 21.8 Å². The molecular weight excluding hydrogens is 268 g/mol. The lowest BCUT2D eigenvalue weighted by molar-refractivity contribution is 0.0764. The van der Waals surface area contributed by atoms with Crippen LogP contribution in [0.1, 0.15) is 23.3 Å². The SMILES string of the molecule is C#CCN(CC1CC1)C(=O)c1cc(Br)c[nH]1. The molecule has 1 N–H and O–H groups in total. The molecule has 1 saturated carbocycles. The molecule has 1 amide bonds. The van der Waals surface area contributed by atoms with Crippen LogP contribution >= 0.6 is 15.9 Å². The quantitative estimate of drug-likeness (QED) is 0.844. The van der Waals surface area contributed by atoms with Gasteiger partial charge >= 0.3 is 0 Å². The molecule has 16 heavy (non-hydrogen) atoms. The summed E-state index contributed by atoms with van der Waals surface area (Å²) < 4.78 is 0.878. The third-order valence-corrected chi connectivity index (χ3v) is 3.08. The average Bonchev–Trinajstić information content (AvgIpc) is 2.97. The highest BCUT2D eigenvalue weighted by atomic mass is 79.9. The van der Waals surface area contributed by atoms with E-state index in [1.807, 2.05) is 0 Å². The van der Waals surface area contributed by atoms with Crippen molar-refractivity contribution < 1.29 is 4.79 Å². The molecule has 1 aliphatic rings. The van der Waals surface area contributed by atoms with Gasteiger partial charge in [0.2, 0.25) is 0 Å². The summed E-state index contributed by atoms with van der Waals surface area (Å²) in [5.41, 5.74) is 0.586. The van der Waals surface area contributed by atoms with E-state index in [1.165, 1.54) is 12.8 Å². The normalized spacial score (nSPS) is 14.5. The standard InChI is InChI=1S/C12H13BrN2O/c1-2-5-15(8-9-3-4-9)12(16)11-6-10(13)7-14-11/h1,6-7,9,14H,3-5,8H2. The van der Waals surface area contributed by atoms with E-state index in [0.717, 1.165) is 11.0 Å². The minimum atomic E-state index is -0.0180. The third-order valence-electron chi connectivity index (χ3n) is 2.62. The minimum absolute atomic E-state index is 0.0180. The summed E-state index contributed by atoms with van der Waals surface area (Å²) >= 11 is 3.31. The van der Waals surface area contributed by atoms with Crippen LogP contribution in [0.2, 0.25) is 0 Å². The third kappa shape index (κ3) is 2.67. The van der Waals surface area contributed by atoms with Gasteiger partial charge in [0.1, 0.15) is 5.69 Å². The number of halogens is 1. The molecule has 84 valence electrons. The second-order valence-corrected chi connectivity index (χ2v) is 4.98. The largest absolute Gasteiger partial charge is 0.356 e. The maximum absolute atomic E-state index is 12.1. The molecule has 1 aliphatic carbocycles. The van der Waals surface area contributed by atoms with Gasteiger partial charge in [0.05, 0.1) is 6.54 Å². The summed E-state index contributed by atoms with van der Waals surface area (Å²) in [4.78, 5) is 16.8. The lowest BCUT2D eigenvalue weighted by Gasteiger charge is -2.19. The molecule has 0 spiro atoms. The maximum Gasteiger partial charge on any atom is 0.271 e. The monoisotopic (exact) mass is 280 g/mol. The number of carbonyl (C=O) groups is 1. The molecule has 0 aliphatic heterocycles. The van der Waals surface area contributed by atoms with Crippen LogP contribution in [-0.2, 0) is 0 Å². The van der Waals surface area contributed by atoms with Crippen LogP contribution in [0, 0.1) is 18.3 Å². The number of hydrogen-bond acceptors (Lipinski definition) is 1. The lowest BCUT2D eigenvalue weighted by Crippen LogP contribution is -2.33. The number of terminal acetylenes is 1. The number of H-pyrrole nitrogens is 1. The van der Waals surface area contributed by atoms with Crippen LogP contribution < -0.4 is 0 Å². The Morgan fingerprint density at radius 3 is 2.94 bits per heavy atom. The van der Waals surface area contributed by atoms with E-state index >= 15 is 0 Å². The van der Waals surface area contributed by atoms with Crippen LogP contribution in [0.25, 0.3) is 0 Å². The molecule has 0 aromatic carbocycles. The smallest absolute Gasteiger partial charge is 0.271 e. The van der Waals surface area contributed by atoms with Gasteiger partial charge in [0.25, 0.3) is 5.91 Å². The summed E-state index contributed by atoms with van der Waals surface area (Å²) in [6.07, 6.45) is 9.45.